The Kier molecular flexibility index (Phi) is 6.19. The van der Waals surface area contributed by atoms with Gasteiger partial charge in [0, 0.05) is 28.5 Å². The molecule has 1 aliphatic carbocycles. The van der Waals surface area contributed by atoms with Gasteiger partial charge in [0.1, 0.15) is 11.3 Å². The lowest BCUT2D eigenvalue weighted by Crippen LogP contribution is -2.12. The van der Waals surface area contributed by atoms with Gasteiger partial charge in [-0.1, -0.05) is 36.4 Å². The maximum atomic E-state index is 13.2. The van der Waals surface area contributed by atoms with E-state index < -0.39 is 6.29 Å². The largest absolute Gasteiger partial charge is 0.455 e. The predicted molar refractivity (Wildman–Crippen MR) is 136 cm³/mol. The van der Waals surface area contributed by atoms with Gasteiger partial charge >= 0.3 is 0 Å². The molecular formula is C28H27N3O4. The fourth-order valence-electron chi connectivity index (χ4n) is 4.60. The number of fused-ring (bicyclic) bond motifs is 2. The van der Waals surface area contributed by atoms with Crippen LogP contribution in [0.5, 0.6) is 0 Å². The van der Waals surface area contributed by atoms with Gasteiger partial charge in [-0.05, 0) is 56.0 Å². The molecule has 2 heterocycles. The van der Waals surface area contributed by atoms with Gasteiger partial charge in [-0.2, -0.15) is 10.2 Å². The Morgan fingerprint density at radius 1 is 1.14 bits per heavy atom. The summed E-state index contributed by atoms with van der Waals surface area (Å²) in [6.45, 7) is 3.89. The first-order valence-electron chi connectivity index (χ1n) is 11.7. The maximum absolute atomic E-state index is 13.2. The number of para-hydroxylation sites is 1. The molecule has 1 aliphatic heterocycles. The average molecular weight is 470 g/mol. The van der Waals surface area contributed by atoms with Gasteiger partial charge in [0.15, 0.2) is 11.7 Å². The molecule has 7 heteroatoms. The lowest BCUT2D eigenvalue weighted by atomic mass is 9.96. The lowest BCUT2D eigenvalue weighted by Gasteiger charge is -2.21. The van der Waals surface area contributed by atoms with Crippen molar-refractivity contribution in [3.63, 3.8) is 0 Å². The lowest BCUT2D eigenvalue weighted by molar-refractivity contribution is -0.0419. The van der Waals surface area contributed by atoms with E-state index >= 15 is 0 Å². The monoisotopic (exact) mass is 469 g/mol. The number of hydrogen-bond donors (Lipinski definition) is 3. The van der Waals surface area contributed by atoms with Crippen LogP contribution in [0, 0.1) is 6.92 Å². The summed E-state index contributed by atoms with van der Waals surface area (Å²) in [4.78, 5) is 13.2. The van der Waals surface area contributed by atoms with Crippen molar-refractivity contribution in [2.45, 2.75) is 45.1 Å². The summed E-state index contributed by atoms with van der Waals surface area (Å²) >= 11 is 0. The van der Waals surface area contributed by atoms with Crippen LogP contribution in [-0.4, -0.2) is 16.3 Å². The second-order valence-corrected chi connectivity index (χ2v) is 8.99. The van der Waals surface area contributed by atoms with Crippen molar-refractivity contribution < 1.29 is 14.6 Å². The van der Waals surface area contributed by atoms with E-state index in [1.807, 2.05) is 44.2 Å². The van der Waals surface area contributed by atoms with Crippen LogP contribution in [0.1, 0.15) is 54.5 Å². The molecule has 0 radical (unpaired) electrons. The number of rotatable bonds is 5. The first-order chi connectivity index (χ1) is 16.9. The number of benzene rings is 2. The molecule has 3 N–H and O–H groups in total. The van der Waals surface area contributed by atoms with Crippen LogP contribution in [0.15, 0.2) is 91.9 Å². The van der Waals surface area contributed by atoms with Gasteiger partial charge in [0.25, 0.3) is 0 Å². The van der Waals surface area contributed by atoms with Gasteiger partial charge in [-0.25, -0.2) is 0 Å². The van der Waals surface area contributed by atoms with E-state index in [0.29, 0.717) is 28.0 Å². The highest BCUT2D eigenvalue weighted by molar-refractivity contribution is 5.84. The number of nitrogens with zero attached hydrogens (tertiary/aromatic N) is 2. The zero-order valence-electron chi connectivity index (χ0n) is 19.6. The molecule has 35 heavy (non-hydrogen) atoms. The Balaban J connectivity index is 1.60. The van der Waals surface area contributed by atoms with Crippen molar-refractivity contribution in [1.29, 1.82) is 0 Å². The van der Waals surface area contributed by atoms with Gasteiger partial charge in [-0.3, -0.25) is 4.79 Å². The smallest absolute Gasteiger partial charge is 0.193 e. The Morgan fingerprint density at radius 2 is 1.97 bits per heavy atom. The van der Waals surface area contributed by atoms with Crippen LogP contribution in [0.3, 0.4) is 0 Å². The van der Waals surface area contributed by atoms with Crippen molar-refractivity contribution in [2.75, 3.05) is 5.32 Å². The Morgan fingerprint density at radius 3 is 2.80 bits per heavy atom. The third-order valence-corrected chi connectivity index (χ3v) is 6.39. The van der Waals surface area contributed by atoms with Crippen molar-refractivity contribution in [2.24, 2.45) is 10.2 Å². The molecule has 0 bridgehead atoms. The summed E-state index contributed by atoms with van der Waals surface area (Å²) in [5.74, 6) is 0.482. The fraction of sp³-hybridized carbons (Fsp3) is 0.250. The summed E-state index contributed by atoms with van der Waals surface area (Å²) in [6, 6.07) is 12.1. The van der Waals surface area contributed by atoms with Crippen LogP contribution in [-0.2, 0) is 0 Å². The molecule has 2 aliphatic rings. The summed E-state index contributed by atoms with van der Waals surface area (Å²) < 4.78 is 6.40. The highest BCUT2D eigenvalue weighted by Crippen LogP contribution is 2.33. The highest BCUT2D eigenvalue weighted by Gasteiger charge is 2.21. The van der Waals surface area contributed by atoms with Crippen LogP contribution in [0.25, 0.3) is 16.5 Å². The number of nitrogens with one attached hydrogen (secondary N) is 1. The second-order valence-electron chi connectivity index (χ2n) is 8.99. The zero-order chi connectivity index (χ0) is 24.5. The molecular weight excluding hydrogens is 442 g/mol. The quantitative estimate of drug-likeness (QED) is 0.415. The number of hydrogen-bond acceptors (Lipinski definition) is 7. The van der Waals surface area contributed by atoms with Crippen LogP contribution >= 0.6 is 0 Å². The summed E-state index contributed by atoms with van der Waals surface area (Å²) in [6.07, 6.45) is 7.95. The highest BCUT2D eigenvalue weighted by atomic mass is 16.5. The molecule has 2 aromatic carbocycles. The first-order valence-corrected chi connectivity index (χ1v) is 11.7. The van der Waals surface area contributed by atoms with Crippen LogP contribution < -0.4 is 10.7 Å². The van der Waals surface area contributed by atoms with Crippen LogP contribution in [0.2, 0.25) is 0 Å². The maximum Gasteiger partial charge on any atom is 0.193 e. The minimum absolute atomic E-state index is 0.0338. The third-order valence-electron chi connectivity index (χ3n) is 6.39. The summed E-state index contributed by atoms with van der Waals surface area (Å²) in [5, 5.41) is 31.7. The fourth-order valence-corrected chi connectivity index (χ4v) is 4.60. The predicted octanol–water partition coefficient (Wildman–Crippen LogP) is 5.71. The number of aryl methyl sites for hydroxylation is 1. The Bertz CT molecular complexity index is 1460. The molecule has 0 spiro atoms. The van der Waals surface area contributed by atoms with E-state index in [0.717, 1.165) is 35.1 Å². The summed E-state index contributed by atoms with van der Waals surface area (Å²) in [5.41, 5.74) is 4.90. The normalized spacial score (nSPS) is 20.5. The zero-order valence-corrected chi connectivity index (χ0v) is 19.6. The van der Waals surface area contributed by atoms with Gasteiger partial charge < -0.3 is 19.9 Å². The van der Waals surface area contributed by atoms with E-state index in [1.165, 1.54) is 6.07 Å². The first kappa shape index (κ1) is 23.0. The number of azo groups is 1. The molecule has 2 atom stereocenters. The van der Waals surface area contributed by atoms with Crippen molar-refractivity contribution >= 4 is 22.2 Å². The van der Waals surface area contributed by atoms with E-state index in [1.54, 1.807) is 24.4 Å². The number of anilines is 1. The second kappa shape index (κ2) is 9.44. The SMILES string of the molecule is Cc1cc(C(C)Nc2ccccc2C(O)O)c2oc(C3=C/C4=CN=NC4CC/C=C\3)cc(=O)c2c1. The molecule has 5 rings (SSSR count). The Labute approximate surface area is 202 Å². The Hall–Kier alpha value is -3.81. The van der Waals surface area contributed by atoms with E-state index in [9.17, 15) is 15.0 Å². The molecule has 0 fully saturated rings. The topological polar surface area (TPSA) is 107 Å². The van der Waals surface area contributed by atoms with Crippen LogP contribution in [0.4, 0.5) is 5.69 Å². The minimum atomic E-state index is -1.60. The van der Waals surface area contributed by atoms with E-state index in [4.69, 9.17) is 4.42 Å². The molecule has 1 aromatic heterocycles. The number of aliphatic hydroxyl groups excluding tert-OH is 1. The molecule has 178 valence electrons. The standard InChI is InChI=1S/C28H27N3O4/c1-16-11-21(17(2)30-24-10-6-4-8-20(24)28(33)34)27-22(12-16)25(32)14-26(35-27)18-7-3-5-9-23-19(13-18)15-29-31-23/h3-4,6-8,10-15,17,23,28,30,33-34H,5,9H2,1-2H3/b7-3-,18-13+. The van der Waals surface area contributed by atoms with E-state index in [2.05, 4.69) is 21.6 Å². The van der Waals surface area contributed by atoms with E-state index in [-0.39, 0.29) is 17.5 Å². The number of allylic oxidation sites excluding steroid dienone is 3. The molecule has 2 unspecified atom stereocenters. The van der Waals surface area contributed by atoms with Gasteiger partial charge in [0.2, 0.25) is 0 Å². The molecule has 0 saturated heterocycles. The van der Waals surface area contributed by atoms with Gasteiger partial charge in [-0.15, -0.1) is 0 Å². The van der Waals surface area contributed by atoms with Crippen molar-refractivity contribution in [3.8, 4) is 0 Å². The van der Waals surface area contributed by atoms with Gasteiger partial charge in [0.05, 0.1) is 23.7 Å². The molecule has 7 nitrogen and oxygen atoms in total. The minimum Gasteiger partial charge on any atom is -0.455 e. The molecule has 0 amide bonds. The third kappa shape index (κ3) is 4.60. The molecule has 0 saturated carbocycles. The summed E-state index contributed by atoms with van der Waals surface area (Å²) in [7, 11) is 0. The average Bonchev–Trinajstić information content (AvgIpc) is 3.24. The van der Waals surface area contributed by atoms with Crippen molar-refractivity contribution in [3.05, 3.63) is 105 Å². The van der Waals surface area contributed by atoms with Crippen molar-refractivity contribution in [1.82, 2.24) is 0 Å². The molecule has 3 aromatic rings. The number of aliphatic hydroxyl groups is 2.